The van der Waals surface area contributed by atoms with Gasteiger partial charge in [-0.05, 0) is 12.8 Å². The zero-order valence-corrected chi connectivity index (χ0v) is 12.5. The van der Waals surface area contributed by atoms with Crippen LogP contribution in [0.15, 0.2) is 12.4 Å². The van der Waals surface area contributed by atoms with Crippen LogP contribution < -0.4 is 16.0 Å². The van der Waals surface area contributed by atoms with E-state index in [1.54, 1.807) is 0 Å². The largest absolute Gasteiger partial charge is 0.465 e. The monoisotopic (exact) mass is 343 g/mol. The summed E-state index contributed by atoms with van der Waals surface area (Å²) in [5.41, 5.74) is 5.35. The highest BCUT2D eigenvalue weighted by molar-refractivity contribution is 6.01. The van der Waals surface area contributed by atoms with Crippen LogP contribution in [0.2, 0.25) is 0 Å². The molecule has 2 aromatic rings. The summed E-state index contributed by atoms with van der Waals surface area (Å²) in [4.78, 5) is 18.9. The fourth-order valence-electron chi connectivity index (χ4n) is 3.11. The summed E-state index contributed by atoms with van der Waals surface area (Å²) in [7, 11) is 0. The molecule has 0 unspecified atom stereocenters. The van der Waals surface area contributed by atoms with Gasteiger partial charge in [0.25, 0.3) is 0 Å². The van der Waals surface area contributed by atoms with E-state index in [1.807, 2.05) is 0 Å². The fraction of sp³-hybridized carbons (Fsp3) is 0.429. The highest BCUT2D eigenvalue weighted by atomic mass is 19.4. The van der Waals surface area contributed by atoms with Crippen molar-refractivity contribution in [2.24, 2.45) is 0 Å². The molecule has 1 amide bonds. The third-order valence-corrected chi connectivity index (χ3v) is 4.08. The molecule has 0 spiro atoms. The molecular formula is C14H16F3N5O2. The van der Waals surface area contributed by atoms with E-state index in [4.69, 9.17) is 10.8 Å². The number of carboxylic acid groups (broad SMARTS) is 1. The Hall–Kier alpha value is -2.65. The summed E-state index contributed by atoms with van der Waals surface area (Å²) in [5, 5.41) is 11.4. The van der Waals surface area contributed by atoms with E-state index in [1.165, 1.54) is 11.1 Å². The third-order valence-electron chi connectivity index (χ3n) is 4.08. The van der Waals surface area contributed by atoms with E-state index in [9.17, 15) is 18.0 Å². The summed E-state index contributed by atoms with van der Waals surface area (Å²) in [6.07, 6.45) is -2.47. The molecule has 5 N–H and O–H groups in total. The molecule has 1 fully saturated rings. The lowest BCUT2D eigenvalue weighted by Crippen LogP contribution is -2.48. The molecule has 3 heterocycles. The summed E-state index contributed by atoms with van der Waals surface area (Å²) in [6.45, 7) is 0.518. The van der Waals surface area contributed by atoms with E-state index in [2.05, 4.69) is 15.3 Å². The number of piperidine rings is 1. The molecule has 3 rings (SSSR count). The Bertz CT molecular complexity index is 774. The Kier molecular flexibility index (Phi) is 3.90. The topological polar surface area (TPSA) is 107 Å². The number of nitrogens with one attached hydrogen (secondary N) is 2. The van der Waals surface area contributed by atoms with Gasteiger partial charge in [-0.15, -0.1) is 0 Å². The first-order chi connectivity index (χ1) is 11.3. The first kappa shape index (κ1) is 16.2. The van der Waals surface area contributed by atoms with Crippen LogP contribution >= 0.6 is 0 Å². The van der Waals surface area contributed by atoms with Crippen molar-refractivity contribution >= 4 is 28.5 Å². The smallest absolute Gasteiger partial charge is 0.419 e. The number of hydrogen-bond acceptors (Lipinski definition) is 4. The molecule has 7 nitrogen and oxygen atoms in total. The lowest BCUT2D eigenvalue weighted by molar-refractivity contribution is -0.137. The number of nitrogens with zero attached hydrogens (tertiary/aromatic N) is 2. The van der Waals surface area contributed by atoms with Crippen LogP contribution in [0.1, 0.15) is 18.4 Å². The van der Waals surface area contributed by atoms with Crippen LogP contribution in [0.5, 0.6) is 0 Å². The van der Waals surface area contributed by atoms with Crippen molar-refractivity contribution in [2.45, 2.75) is 25.1 Å². The number of aromatic nitrogens is 2. The molecule has 1 atom stereocenters. The normalized spacial score (nSPS) is 18.8. The number of aromatic amines is 1. The molecule has 2 aromatic heterocycles. The number of H-pyrrole nitrogens is 1. The number of anilines is 2. The molecule has 0 saturated carbocycles. The molecule has 0 bridgehead atoms. The second-order valence-corrected chi connectivity index (χ2v) is 5.72. The maximum absolute atomic E-state index is 13.4. The van der Waals surface area contributed by atoms with Crippen LogP contribution in [0.3, 0.4) is 0 Å². The van der Waals surface area contributed by atoms with Gasteiger partial charge in [0.2, 0.25) is 0 Å². The highest BCUT2D eigenvalue weighted by Crippen LogP contribution is 2.42. The summed E-state index contributed by atoms with van der Waals surface area (Å²) in [5.74, 6) is 0. The zero-order valence-electron chi connectivity index (χ0n) is 12.5. The second-order valence-electron chi connectivity index (χ2n) is 5.72. The average Bonchev–Trinajstić information content (AvgIpc) is 2.87. The van der Waals surface area contributed by atoms with Crippen molar-refractivity contribution in [1.82, 2.24) is 15.3 Å². The Morgan fingerprint density at radius 1 is 1.50 bits per heavy atom. The number of nitrogens with two attached hydrogens (primary N) is 1. The van der Waals surface area contributed by atoms with E-state index < -0.39 is 23.9 Å². The molecule has 130 valence electrons. The van der Waals surface area contributed by atoms with Gasteiger partial charge in [0.1, 0.15) is 5.65 Å². The first-order valence-corrected chi connectivity index (χ1v) is 7.34. The molecule has 0 radical (unpaired) electrons. The Morgan fingerprint density at radius 3 is 2.92 bits per heavy atom. The predicted molar refractivity (Wildman–Crippen MR) is 81.9 cm³/mol. The summed E-state index contributed by atoms with van der Waals surface area (Å²) in [6, 6.07) is -0.444. The minimum atomic E-state index is -4.59. The van der Waals surface area contributed by atoms with Gasteiger partial charge in [0, 0.05) is 31.5 Å². The number of pyridine rings is 1. The van der Waals surface area contributed by atoms with Gasteiger partial charge in [-0.2, -0.15) is 13.2 Å². The van der Waals surface area contributed by atoms with Gasteiger partial charge in [-0.3, -0.25) is 0 Å². The Balaban J connectivity index is 2.09. The molecule has 1 aliphatic rings. The average molecular weight is 343 g/mol. The maximum atomic E-state index is 13.4. The number of halogens is 3. The molecule has 10 heteroatoms. The van der Waals surface area contributed by atoms with Crippen molar-refractivity contribution in [2.75, 3.05) is 23.7 Å². The fourth-order valence-corrected chi connectivity index (χ4v) is 3.11. The summed E-state index contributed by atoms with van der Waals surface area (Å²) < 4.78 is 40.3. The van der Waals surface area contributed by atoms with E-state index in [0.29, 0.717) is 19.4 Å². The van der Waals surface area contributed by atoms with Gasteiger partial charge >= 0.3 is 12.3 Å². The Morgan fingerprint density at radius 2 is 2.25 bits per heavy atom. The number of hydrogen-bond donors (Lipinski definition) is 4. The molecule has 24 heavy (non-hydrogen) atoms. The van der Waals surface area contributed by atoms with Crippen molar-refractivity contribution < 1.29 is 23.1 Å². The van der Waals surface area contributed by atoms with Crippen molar-refractivity contribution in [3.8, 4) is 0 Å². The molecule has 0 aromatic carbocycles. The van der Waals surface area contributed by atoms with Gasteiger partial charge in [-0.25, -0.2) is 9.78 Å². The van der Waals surface area contributed by atoms with Gasteiger partial charge in [0.05, 0.1) is 22.3 Å². The van der Waals surface area contributed by atoms with Crippen molar-refractivity contribution in [3.63, 3.8) is 0 Å². The molecule has 1 saturated heterocycles. The van der Waals surface area contributed by atoms with Crippen LogP contribution in [0, 0.1) is 0 Å². The zero-order chi connectivity index (χ0) is 17.5. The SMILES string of the molecule is Nc1c[nH]c2ncc(C(F)(F)F)c(N3CCC[C@@H](NC(=O)O)C3)c12. The molecular weight excluding hydrogens is 327 g/mol. The van der Waals surface area contributed by atoms with Crippen LogP contribution in [0.4, 0.5) is 29.3 Å². The van der Waals surface area contributed by atoms with Crippen LogP contribution in [0.25, 0.3) is 11.0 Å². The van der Waals surface area contributed by atoms with Crippen molar-refractivity contribution in [1.29, 1.82) is 0 Å². The third kappa shape index (κ3) is 2.91. The lowest BCUT2D eigenvalue weighted by atomic mass is 10.0. The van der Waals surface area contributed by atoms with Crippen LogP contribution in [-0.2, 0) is 6.18 Å². The Labute approximate surface area is 134 Å². The minimum Gasteiger partial charge on any atom is -0.465 e. The van der Waals surface area contributed by atoms with Gasteiger partial charge < -0.3 is 26.0 Å². The van der Waals surface area contributed by atoms with Crippen LogP contribution in [-0.4, -0.2) is 40.3 Å². The highest BCUT2D eigenvalue weighted by Gasteiger charge is 2.38. The molecule has 0 aliphatic carbocycles. The lowest BCUT2D eigenvalue weighted by Gasteiger charge is -2.36. The number of fused-ring (bicyclic) bond motifs is 1. The summed E-state index contributed by atoms with van der Waals surface area (Å²) >= 11 is 0. The standard InChI is InChI=1S/C14H16F3N5O2/c15-14(16,17)8-4-19-12-10(9(18)5-20-12)11(8)22-3-1-2-7(6-22)21-13(23)24/h4-5,7,21H,1-3,6,18H2,(H,19,20)(H,23,24)/t7-/m1/s1. The second kappa shape index (κ2) is 5.77. The van der Waals surface area contributed by atoms with Gasteiger partial charge in [0.15, 0.2) is 0 Å². The number of alkyl halides is 3. The maximum Gasteiger partial charge on any atom is 0.419 e. The van der Waals surface area contributed by atoms with E-state index in [0.717, 1.165) is 6.20 Å². The van der Waals surface area contributed by atoms with Gasteiger partial charge in [-0.1, -0.05) is 0 Å². The number of nitrogen functional groups attached to an aromatic ring is 1. The number of amides is 1. The molecule has 1 aliphatic heterocycles. The first-order valence-electron chi connectivity index (χ1n) is 7.34. The minimum absolute atomic E-state index is 0.0526. The van der Waals surface area contributed by atoms with Crippen molar-refractivity contribution in [3.05, 3.63) is 18.0 Å². The quantitative estimate of drug-likeness (QED) is 0.670. The van der Waals surface area contributed by atoms with E-state index in [-0.39, 0.29) is 29.0 Å². The van der Waals surface area contributed by atoms with E-state index >= 15 is 0 Å². The number of carbonyl (C=O) groups is 1. The predicted octanol–water partition coefficient (Wildman–Crippen LogP) is 2.40. The number of rotatable bonds is 2.